The highest BCUT2D eigenvalue weighted by Crippen LogP contribution is 2.29. The van der Waals surface area contributed by atoms with Gasteiger partial charge in [-0.05, 0) is 31.2 Å². The average Bonchev–Trinajstić information content (AvgIpc) is 3.71. The molecule has 3 aliphatic heterocycles. The number of rotatable bonds is 7. The number of sulfonamides is 1. The number of nitrogens with zero attached hydrogens (tertiary/aromatic N) is 3. The van der Waals surface area contributed by atoms with E-state index in [1.807, 2.05) is 0 Å². The molecule has 0 radical (unpaired) electrons. The Morgan fingerprint density at radius 1 is 1.22 bits per heavy atom. The molecule has 5 heterocycles. The first-order chi connectivity index (χ1) is 19.7. The first-order valence-corrected chi connectivity index (χ1v) is 16.1. The Bertz CT molecular complexity index is 1570. The van der Waals surface area contributed by atoms with Gasteiger partial charge in [0.15, 0.2) is 11.3 Å². The lowest BCUT2D eigenvalue weighted by Gasteiger charge is -2.40. The summed E-state index contributed by atoms with van der Waals surface area (Å²) in [6.07, 6.45) is 0.127. The molecule has 0 spiro atoms. The molecule has 3 N–H and O–H groups in total. The predicted molar refractivity (Wildman–Crippen MR) is 152 cm³/mol. The third-order valence-electron chi connectivity index (χ3n) is 7.53. The van der Waals surface area contributed by atoms with Gasteiger partial charge in [0.05, 0.1) is 31.5 Å². The first kappa shape index (κ1) is 28.5. The number of aromatic amines is 1. The summed E-state index contributed by atoms with van der Waals surface area (Å²) in [7, 11) is -3.95. The summed E-state index contributed by atoms with van der Waals surface area (Å²) in [5.74, 6) is -0.627. The molecule has 3 aromatic rings. The van der Waals surface area contributed by atoms with Crippen LogP contribution in [0.3, 0.4) is 0 Å². The van der Waals surface area contributed by atoms with Crippen LogP contribution in [0.4, 0.5) is 0 Å². The number of nitrogens with one attached hydrogen (secondary N) is 3. The molecule has 3 aliphatic rings. The molecule has 6 rings (SSSR count). The standard InChI is InChI=1S/C26H31ClN6O6S2/c1-15-8-20-21(12-28-15)40-25(31-20)26(35)33-5-4-32(14-18(33)11-22(34)29-13-24-38-6-7-39-24)41(36,37)23-10-16-9-17(27)2-3-19(16)30-23/h2-3,9-10,15,18,24,28,30H,4-8,11-14H2,1H3,(H,29,34). The lowest BCUT2D eigenvalue weighted by molar-refractivity contribution is -0.124. The minimum absolute atomic E-state index is 0.0301. The van der Waals surface area contributed by atoms with E-state index < -0.39 is 22.4 Å². The van der Waals surface area contributed by atoms with E-state index in [4.69, 9.17) is 21.1 Å². The molecule has 0 bridgehead atoms. The van der Waals surface area contributed by atoms with Crippen molar-refractivity contribution in [2.45, 2.75) is 49.7 Å². The Kier molecular flexibility index (Phi) is 8.06. The van der Waals surface area contributed by atoms with Crippen LogP contribution in [-0.2, 0) is 37.3 Å². The zero-order chi connectivity index (χ0) is 28.7. The van der Waals surface area contributed by atoms with Crippen molar-refractivity contribution < 1.29 is 27.5 Å². The van der Waals surface area contributed by atoms with Gasteiger partial charge in [-0.25, -0.2) is 13.4 Å². The fourth-order valence-electron chi connectivity index (χ4n) is 5.37. The number of halogens is 1. The number of benzene rings is 1. The van der Waals surface area contributed by atoms with Gasteiger partial charge in [0.2, 0.25) is 5.91 Å². The van der Waals surface area contributed by atoms with Gasteiger partial charge in [0, 0.05) is 65.9 Å². The summed E-state index contributed by atoms with van der Waals surface area (Å²) in [5, 5.41) is 7.73. The molecule has 0 saturated carbocycles. The third-order valence-corrected chi connectivity index (χ3v) is 10.6. The summed E-state index contributed by atoms with van der Waals surface area (Å²) in [6, 6.07) is 6.22. The van der Waals surface area contributed by atoms with Gasteiger partial charge in [-0.2, -0.15) is 4.31 Å². The SMILES string of the molecule is CC1Cc2nc(C(=O)N3CCN(S(=O)(=O)c4cc5cc(Cl)ccc5[nH]4)CC3CC(=O)NCC3OCCO3)sc2CN1. The maximum absolute atomic E-state index is 13.7. The molecule has 2 atom stereocenters. The van der Waals surface area contributed by atoms with E-state index in [1.54, 1.807) is 29.2 Å². The summed E-state index contributed by atoms with van der Waals surface area (Å²) < 4.78 is 39.5. The number of ether oxygens (including phenoxy) is 2. The zero-order valence-corrected chi connectivity index (χ0v) is 24.8. The highest BCUT2D eigenvalue weighted by molar-refractivity contribution is 7.89. The molecule has 2 unspecified atom stereocenters. The minimum atomic E-state index is -3.95. The maximum Gasteiger partial charge on any atom is 0.283 e. The quantitative estimate of drug-likeness (QED) is 0.361. The number of H-pyrrole nitrogens is 1. The average molecular weight is 623 g/mol. The summed E-state index contributed by atoms with van der Waals surface area (Å²) in [4.78, 5) is 36.9. The van der Waals surface area contributed by atoms with Crippen molar-refractivity contribution in [1.29, 1.82) is 0 Å². The lowest BCUT2D eigenvalue weighted by Crippen LogP contribution is -2.57. The Morgan fingerprint density at radius 2 is 2.02 bits per heavy atom. The summed E-state index contributed by atoms with van der Waals surface area (Å²) in [5.41, 5.74) is 1.56. The second-order valence-corrected chi connectivity index (χ2v) is 13.9. The van der Waals surface area contributed by atoms with Crippen LogP contribution < -0.4 is 10.6 Å². The maximum atomic E-state index is 13.7. The molecular weight excluding hydrogens is 592 g/mol. The number of aromatic nitrogens is 2. The largest absolute Gasteiger partial charge is 0.351 e. The molecule has 41 heavy (non-hydrogen) atoms. The number of piperazine rings is 1. The Labute approximate surface area is 246 Å². The van der Waals surface area contributed by atoms with Gasteiger partial charge in [-0.3, -0.25) is 9.59 Å². The van der Waals surface area contributed by atoms with Crippen molar-refractivity contribution in [2.24, 2.45) is 0 Å². The number of hydrogen-bond donors (Lipinski definition) is 3. The molecule has 220 valence electrons. The van der Waals surface area contributed by atoms with Gasteiger partial charge >= 0.3 is 0 Å². The van der Waals surface area contributed by atoms with Gasteiger partial charge in [-0.15, -0.1) is 11.3 Å². The van der Waals surface area contributed by atoms with E-state index in [2.05, 4.69) is 27.5 Å². The monoisotopic (exact) mass is 622 g/mol. The van der Waals surface area contributed by atoms with Gasteiger partial charge in [0.1, 0.15) is 5.03 Å². The van der Waals surface area contributed by atoms with E-state index >= 15 is 0 Å². The van der Waals surface area contributed by atoms with Crippen molar-refractivity contribution in [2.75, 3.05) is 39.4 Å². The van der Waals surface area contributed by atoms with E-state index in [9.17, 15) is 18.0 Å². The second kappa shape index (κ2) is 11.6. The van der Waals surface area contributed by atoms with Gasteiger partial charge < -0.3 is 30.0 Å². The number of carbonyl (C=O) groups excluding carboxylic acids is 2. The van der Waals surface area contributed by atoms with E-state index in [0.29, 0.717) is 40.7 Å². The highest BCUT2D eigenvalue weighted by atomic mass is 35.5. The van der Waals surface area contributed by atoms with E-state index in [-0.39, 0.29) is 55.5 Å². The number of hydrogen-bond acceptors (Lipinski definition) is 9. The van der Waals surface area contributed by atoms with Crippen molar-refractivity contribution in [3.8, 4) is 0 Å². The van der Waals surface area contributed by atoms with Crippen LogP contribution in [0.15, 0.2) is 29.3 Å². The fourth-order valence-corrected chi connectivity index (χ4v) is 8.03. The van der Waals surface area contributed by atoms with Crippen LogP contribution in [0.5, 0.6) is 0 Å². The second-order valence-electron chi connectivity index (χ2n) is 10.4. The number of fused-ring (bicyclic) bond motifs is 2. The molecular formula is C26H31ClN6O6S2. The molecule has 0 aliphatic carbocycles. The molecule has 1 aromatic carbocycles. The first-order valence-electron chi connectivity index (χ1n) is 13.5. The molecule has 2 saturated heterocycles. The molecule has 12 nitrogen and oxygen atoms in total. The van der Waals surface area contributed by atoms with Gasteiger partial charge in [-0.1, -0.05) is 11.6 Å². The number of carbonyl (C=O) groups is 2. The topological polar surface area (TPSA) is 146 Å². The van der Waals surface area contributed by atoms with Crippen LogP contribution in [0, 0.1) is 0 Å². The molecule has 2 fully saturated rings. The van der Waals surface area contributed by atoms with Crippen molar-refractivity contribution in [1.82, 2.24) is 29.8 Å². The van der Waals surface area contributed by atoms with Crippen LogP contribution in [0.2, 0.25) is 5.02 Å². The summed E-state index contributed by atoms with van der Waals surface area (Å²) in [6.45, 7) is 3.98. The van der Waals surface area contributed by atoms with Crippen molar-refractivity contribution in [3.63, 3.8) is 0 Å². The minimum Gasteiger partial charge on any atom is -0.351 e. The predicted octanol–water partition coefficient (Wildman–Crippen LogP) is 1.71. The van der Waals surface area contributed by atoms with Crippen LogP contribution in [0.1, 0.15) is 33.7 Å². The van der Waals surface area contributed by atoms with Crippen LogP contribution in [0.25, 0.3) is 10.9 Å². The molecule has 2 amide bonds. The number of amides is 2. The summed E-state index contributed by atoms with van der Waals surface area (Å²) >= 11 is 7.44. The number of thiazole rings is 1. The van der Waals surface area contributed by atoms with Crippen LogP contribution in [-0.4, -0.2) is 97.2 Å². The van der Waals surface area contributed by atoms with Crippen molar-refractivity contribution >= 4 is 55.7 Å². The smallest absolute Gasteiger partial charge is 0.283 e. The Hall–Kier alpha value is -2.59. The normalized spacial score (nSPS) is 22.2. The van der Waals surface area contributed by atoms with Crippen molar-refractivity contribution in [3.05, 3.63) is 44.9 Å². The highest BCUT2D eigenvalue weighted by Gasteiger charge is 2.39. The van der Waals surface area contributed by atoms with Gasteiger partial charge in [0.25, 0.3) is 15.9 Å². The zero-order valence-electron chi connectivity index (χ0n) is 22.4. The molecule has 15 heteroatoms. The fraction of sp³-hybridized carbons (Fsp3) is 0.500. The molecule has 2 aromatic heterocycles. The van der Waals surface area contributed by atoms with E-state index in [1.165, 1.54) is 15.6 Å². The lowest BCUT2D eigenvalue weighted by atomic mass is 10.1. The Balaban J connectivity index is 1.23. The third kappa shape index (κ3) is 6.00. The van der Waals surface area contributed by atoms with Crippen LogP contribution >= 0.6 is 22.9 Å². The Morgan fingerprint density at radius 3 is 2.83 bits per heavy atom. The van der Waals surface area contributed by atoms with E-state index in [0.717, 1.165) is 17.0 Å².